The fourth-order valence-electron chi connectivity index (χ4n) is 3.16. The monoisotopic (exact) mass is 380 g/mol. The highest BCUT2D eigenvalue weighted by atomic mass is 16.6. The summed E-state index contributed by atoms with van der Waals surface area (Å²) in [6, 6.07) is 15.9. The van der Waals surface area contributed by atoms with E-state index < -0.39 is 17.7 Å². The summed E-state index contributed by atoms with van der Waals surface area (Å²) in [6.07, 6.45) is -0.113. The number of fused-ring (bicyclic) bond motifs is 1. The van der Waals surface area contributed by atoms with Crippen molar-refractivity contribution < 1.29 is 19.1 Å². The highest BCUT2D eigenvalue weighted by Crippen LogP contribution is 2.23. The van der Waals surface area contributed by atoms with E-state index >= 15 is 0 Å². The largest absolute Gasteiger partial charge is 0.444 e. The van der Waals surface area contributed by atoms with E-state index in [1.165, 1.54) is 4.90 Å². The van der Waals surface area contributed by atoms with Crippen molar-refractivity contribution in [3.05, 3.63) is 71.3 Å². The average molecular weight is 380 g/mol. The molecule has 146 valence electrons. The molecule has 0 radical (unpaired) electrons. The number of nitrogens with one attached hydrogen (secondary N) is 1. The van der Waals surface area contributed by atoms with Crippen LogP contribution in [0.25, 0.3) is 0 Å². The van der Waals surface area contributed by atoms with Crippen LogP contribution < -0.4 is 5.32 Å². The first-order valence-corrected chi connectivity index (χ1v) is 9.23. The number of benzene rings is 2. The lowest BCUT2D eigenvalue weighted by Crippen LogP contribution is -2.48. The second-order valence-electron chi connectivity index (χ2n) is 7.80. The molecule has 1 atom stereocenters. The van der Waals surface area contributed by atoms with E-state index in [1.54, 1.807) is 45.0 Å². The van der Waals surface area contributed by atoms with Crippen molar-refractivity contribution in [2.45, 2.75) is 38.8 Å². The zero-order valence-corrected chi connectivity index (χ0v) is 16.3. The van der Waals surface area contributed by atoms with E-state index in [4.69, 9.17) is 4.74 Å². The first-order valence-electron chi connectivity index (χ1n) is 9.23. The summed E-state index contributed by atoms with van der Waals surface area (Å²) in [5.41, 5.74) is 1.13. The Morgan fingerprint density at radius 1 is 0.964 bits per heavy atom. The van der Waals surface area contributed by atoms with Crippen molar-refractivity contribution in [3.8, 4) is 0 Å². The summed E-state index contributed by atoms with van der Waals surface area (Å²) in [6.45, 7) is 5.41. The highest BCUT2D eigenvalue weighted by molar-refractivity contribution is 6.21. The number of alkyl carbamates (subject to hydrolysis) is 1. The summed E-state index contributed by atoms with van der Waals surface area (Å²) in [7, 11) is 0. The van der Waals surface area contributed by atoms with Gasteiger partial charge in [0.25, 0.3) is 11.8 Å². The predicted octanol–water partition coefficient (Wildman–Crippen LogP) is 3.42. The van der Waals surface area contributed by atoms with Gasteiger partial charge < -0.3 is 10.1 Å². The standard InChI is InChI=1S/C22H24N2O4/c1-22(2,3)28-21(27)23-16(13-15-9-5-4-6-10-15)14-24-19(25)17-11-7-8-12-18(17)20(24)26/h4-12,16H,13-14H2,1-3H3,(H,23,27)/t16-/m1/s1. The minimum atomic E-state index is -0.642. The molecule has 28 heavy (non-hydrogen) atoms. The fourth-order valence-corrected chi connectivity index (χ4v) is 3.16. The molecule has 0 aliphatic carbocycles. The molecule has 3 amide bonds. The van der Waals surface area contributed by atoms with Gasteiger partial charge in [-0.3, -0.25) is 14.5 Å². The Balaban J connectivity index is 1.78. The molecule has 0 unspecified atom stereocenters. The Morgan fingerprint density at radius 2 is 1.50 bits per heavy atom. The van der Waals surface area contributed by atoms with Crippen LogP contribution in [0.15, 0.2) is 54.6 Å². The number of amides is 3. The molecular weight excluding hydrogens is 356 g/mol. The molecule has 1 N–H and O–H groups in total. The van der Waals surface area contributed by atoms with Crippen LogP contribution in [-0.2, 0) is 11.2 Å². The first-order chi connectivity index (χ1) is 13.2. The lowest BCUT2D eigenvalue weighted by molar-refractivity contribution is 0.0468. The second-order valence-corrected chi connectivity index (χ2v) is 7.80. The van der Waals surface area contributed by atoms with Crippen molar-refractivity contribution in [2.75, 3.05) is 6.54 Å². The van der Waals surface area contributed by atoms with Gasteiger partial charge in [-0.05, 0) is 44.9 Å². The molecule has 0 saturated carbocycles. The summed E-state index contributed by atoms with van der Waals surface area (Å²) < 4.78 is 5.35. The van der Waals surface area contributed by atoms with Crippen LogP contribution in [0.2, 0.25) is 0 Å². The maximum absolute atomic E-state index is 12.7. The Kier molecular flexibility index (Phi) is 5.49. The molecule has 6 heteroatoms. The smallest absolute Gasteiger partial charge is 0.407 e. The van der Waals surface area contributed by atoms with Crippen LogP contribution in [0.4, 0.5) is 4.79 Å². The Morgan fingerprint density at radius 3 is 2.04 bits per heavy atom. The van der Waals surface area contributed by atoms with Crippen molar-refractivity contribution in [2.24, 2.45) is 0 Å². The number of ether oxygens (including phenoxy) is 1. The van der Waals surface area contributed by atoms with Gasteiger partial charge in [-0.1, -0.05) is 42.5 Å². The molecule has 0 fully saturated rings. The molecule has 2 aromatic carbocycles. The van der Waals surface area contributed by atoms with Crippen LogP contribution in [0.5, 0.6) is 0 Å². The quantitative estimate of drug-likeness (QED) is 0.807. The highest BCUT2D eigenvalue weighted by Gasteiger charge is 2.36. The first kappa shape index (κ1) is 19.6. The normalized spacial score (nSPS) is 14.6. The summed E-state index contributed by atoms with van der Waals surface area (Å²) >= 11 is 0. The van der Waals surface area contributed by atoms with E-state index in [1.807, 2.05) is 30.3 Å². The van der Waals surface area contributed by atoms with Crippen LogP contribution in [0, 0.1) is 0 Å². The third-order valence-corrected chi connectivity index (χ3v) is 4.33. The van der Waals surface area contributed by atoms with Crippen LogP contribution in [-0.4, -0.2) is 41.0 Å². The van der Waals surface area contributed by atoms with E-state index in [2.05, 4.69) is 5.32 Å². The molecule has 0 saturated heterocycles. The number of imide groups is 1. The predicted molar refractivity (Wildman–Crippen MR) is 105 cm³/mol. The zero-order valence-electron chi connectivity index (χ0n) is 16.3. The molecule has 3 rings (SSSR count). The summed E-state index contributed by atoms with van der Waals surface area (Å²) in [5.74, 6) is -0.686. The molecule has 1 aliphatic rings. The second kappa shape index (κ2) is 7.84. The van der Waals surface area contributed by atoms with Crippen molar-refractivity contribution >= 4 is 17.9 Å². The van der Waals surface area contributed by atoms with E-state index in [0.717, 1.165) is 5.56 Å². The van der Waals surface area contributed by atoms with Crippen molar-refractivity contribution in [3.63, 3.8) is 0 Å². The van der Waals surface area contributed by atoms with E-state index in [0.29, 0.717) is 17.5 Å². The Hall–Kier alpha value is -3.15. The number of nitrogens with zero attached hydrogens (tertiary/aromatic N) is 1. The Bertz CT molecular complexity index is 852. The lowest BCUT2D eigenvalue weighted by Gasteiger charge is -2.26. The molecule has 1 aliphatic heterocycles. The van der Waals surface area contributed by atoms with Gasteiger partial charge in [-0.2, -0.15) is 0 Å². The molecular formula is C22H24N2O4. The molecule has 0 bridgehead atoms. The van der Waals surface area contributed by atoms with Gasteiger partial charge in [0.05, 0.1) is 23.7 Å². The molecule has 2 aromatic rings. The minimum Gasteiger partial charge on any atom is -0.444 e. The van der Waals surface area contributed by atoms with E-state index in [9.17, 15) is 14.4 Å². The number of rotatable bonds is 5. The Labute approximate surface area is 164 Å². The number of hydrogen-bond donors (Lipinski definition) is 1. The van der Waals surface area contributed by atoms with Gasteiger partial charge in [0, 0.05) is 0 Å². The number of carbonyl (C=O) groups is 3. The zero-order chi connectivity index (χ0) is 20.3. The maximum Gasteiger partial charge on any atom is 0.407 e. The van der Waals surface area contributed by atoms with Crippen molar-refractivity contribution in [1.29, 1.82) is 0 Å². The van der Waals surface area contributed by atoms with Gasteiger partial charge >= 0.3 is 6.09 Å². The van der Waals surface area contributed by atoms with Gasteiger partial charge in [-0.25, -0.2) is 4.79 Å². The van der Waals surface area contributed by atoms with Crippen LogP contribution in [0.3, 0.4) is 0 Å². The molecule has 0 aromatic heterocycles. The fraction of sp³-hybridized carbons (Fsp3) is 0.318. The third-order valence-electron chi connectivity index (χ3n) is 4.33. The van der Waals surface area contributed by atoms with Gasteiger partial charge in [0.15, 0.2) is 0 Å². The minimum absolute atomic E-state index is 0.0699. The topological polar surface area (TPSA) is 75.7 Å². The average Bonchev–Trinajstić information content (AvgIpc) is 2.86. The third kappa shape index (κ3) is 4.57. The van der Waals surface area contributed by atoms with Crippen LogP contribution >= 0.6 is 0 Å². The number of carbonyl (C=O) groups excluding carboxylic acids is 3. The molecule has 6 nitrogen and oxygen atoms in total. The maximum atomic E-state index is 12.7. The number of hydrogen-bond acceptors (Lipinski definition) is 4. The van der Waals surface area contributed by atoms with Gasteiger partial charge in [-0.15, -0.1) is 0 Å². The summed E-state index contributed by atoms with van der Waals surface area (Å²) in [4.78, 5) is 38.8. The van der Waals surface area contributed by atoms with Crippen LogP contribution in [0.1, 0.15) is 47.1 Å². The van der Waals surface area contributed by atoms with Gasteiger partial charge in [0.1, 0.15) is 5.60 Å². The SMILES string of the molecule is CC(C)(C)OC(=O)N[C@H](Cc1ccccc1)CN1C(=O)c2ccccc2C1=O. The molecule has 1 heterocycles. The van der Waals surface area contributed by atoms with Gasteiger partial charge in [0.2, 0.25) is 0 Å². The summed E-state index contributed by atoms with van der Waals surface area (Å²) in [5, 5.41) is 2.81. The van der Waals surface area contributed by atoms with E-state index in [-0.39, 0.29) is 18.4 Å². The van der Waals surface area contributed by atoms with Crippen molar-refractivity contribution in [1.82, 2.24) is 10.2 Å². The molecule has 0 spiro atoms. The lowest BCUT2D eigenvalue weighted by atomic mass is 10.1.